The minimum atomic E-state index is 1.12. The van der Waals surface area contributed by atoms with E-state index >= 15 is 0 Å². The molecule has 0 aliphatic rings. The highest BCUT2D eigenvalue weighted by Gasteiger charge is 1.92. The smallest absolute Gasteiger partial charge is 0.0346 e. The van der Waals surface area contributed by atoms with Crippen molar-refractivity contribution < 1.29 is 0 Å². The first-order valence-electron chi connectivity index (χ1n) is 7.63. The molecule has 22 heavy (non-hydrogen) atoms. The van der Waals surface area contributed by atoms with E-state index in [0.29, 0.717) is 0 Å². The maximum Gasteiger partial charge on any atom is 0.0346 e. The summed E-state index contributed by atoms with van der Waals surface area (Å²) < 4.78 is 0. The number of aromatic nitrogens is 1. The molecule has 0 atom stereocenters. The van der Waals surface area contributed by atoms with Gasteiger partial charge in [0.2, 0.25) is 0 Å². The Balaban J connectivity index is 0.000000133. The van der Waals surface area contributed by atoms with Crippen LogP contribution >= 0.6 is 0 Å². The zero-order chi connectivity index (χ0) is 15.2. The molecule has 0 fully saturated rings. The van der Waals surface area contributed by atoms with Gasteiger partial charge in [0, 0.05) is 12.4 Å². The molecule has 1 heterocycles. The van der Waals surface area contributed by atoms with Crippen molar-refractivity contribution in [3.05, 3.63) is 90.8 Å². The second kappa shape index (κ2) is 6.86. The van der Waals surface area contributed by atoms with Crippen molar-refractivity contribution in [1.29, 1.82) is 0 Å². The fraction of sp³-hybridized carbons (Fsp3) is 0.0952. The van der Waals surface area contributed by atoms with Gasteiger partial charge >= 0.3 is 0 Å². The molecule has 1 aromatic heterocycles. The Labute approximate surface area is 131 Å². The highest BCUT2D eigenvalue weighted by molar-refractivity contribution is 5.83. The monoisotopic (exact) mass is 285 g/mol. The summed E-state index contributed by atoms with van der Waals surface area (Å²) in [5.41, 5.74) is 1.41. The zero-order valence-electron chi connectivity index (χ0n) is 12.7. The lowest BCUT2D eigenvalue weighted by Gasteiger charge is -1.99. The highest BCUT2D eigenvalue weighted by Crippen LogP contribution is 2.15. The largest absolute Gasteiger partial charge is 0.264 e. The molecule has 0 radical (unpaired) electrons. The third-order valence-electron chi connectivity index (χ3n) is 3.77. The van der Waals surface area contributed by atoms with E-state index in [2.05, 4.69) is 66.5 Å². The number of hydrogen-bond donors (Lipinski definition) is 0. The topological polar surface area (TPSA) is 12.9 Å². The predicted octanol–water partition coefficient (Wildman–Crippen LogP) is 5.64. The minimum absolute atomic E-state index is 1.12. The van der Waals surface area contributed by atoms with Gasteiger partial charge in [-0.05, 0) is 39.6 Å². The normalized spacial score (nSPS) is 10.2. The number of hydrogen-bond acceptors (Lipinski definition) is 1. The molecule has 0 amide bonds. The van der Waals surface area contributed by atoms with Gasteiger partial charge in [-0.2, -0.15) is 0 Å². The van der Waals surface area contributed by atoms with Crippen LogP contribution in [-0.2, 0) is 6.42 Å². The third kappa shape index (κ3) is 3.32. The van der Waals surface area contributed by atoms with Crippen molar-refractivity contribution in [2.45, 2.75) is 13.3 Å². The van der Waals surface area contributed by atoms with Crippen LogP contribution in [0, 0.1) is 0 Å². The zero-order valence-corrected chi connectivity index (χ0v) is 12.7. The van der Waals surface area contributed by atoms with E-state index in [1.54, 1.807) is 0 Å². The van der Waals surface area contributed by atoms with E-state index in [1.165, 1.54) is 27.1 Å². The van der Waals surface area contributed by atoms with Gasteiger partial charge in [0.1, 0.15) is 0 Å². The molecule has 0 spiro atoms. The van der Waals surface area contributed by atoms with Crippen LogP contribution < -0.4 is 0 Å². The maximum absolute atomic E-state index is 4.01. The first-order chi connectivity index (χ1) is 10.9. The van der Waals surface area contributed by atoms with E-state index in [9.17, 15) is 0 Å². The number of fused-ring (bicyclic) bond motifs is 2. The average Bonchev–Trinajstić information content (AvgIpc) is 2.62. The van der Waals surface area contributed by atoms with Gasteiger partial charge < -0.3 is 0 Å². The second-order valence-corrected chi connectivity index (χ2v) is 5.26. The summed E-state index contributed by atoms with van der Waals surface area (Å²) in [6, 6.07) is 25.3. The van der Waals surface area contributed by atoms with Gasteiger partial charge in [0.15, 0.2) is 0 Å². The van der Waals surface area contributed by atoms with Crippen LogP contribution in [0.5, 0.6) is 0 Å². The summed E-state index contributed by atoms with van der Waals surface area (Å²) in [6.45, 7) is 2.18. The van der Waals surface area contributed by atoms with Crippen LogP contribution in [0.4, 0.5) is 0 Å². The molecule has 0 N–H and O–H groups in total. The minimum Gasteiger partial charge on any atom is -0.264 e. The second-order valence-electron chi connectivity index (χ2n) is 5.26. The predicted molar refractivity (Wildman–Crippen MR) is 95.1 cm³/mol. The Morgan fingerprint density at radius 1 is 0.682 bits per heavy atom. The van der Waals surface area contributed by atoms with Crippen LogP contribution in [0.25, 0.3) is 21.5 Å². The third-order valence-corrected chi connectivity index (χ3v) is 3.77. The molecule has 108 valence electrons. The molecule has 4 aromatic rings. The standard InChI is InChI=1S/C12H12.C9H7N/c1-2-10-7-8-11-5-3-4-6-12(11)9-10;1-2-4-9-7-10-6-5-8(9)3-1/h3-9H,2H2,1H3;1-7H. The number of rotatable bonds is 1. The van der Waals surface area contributed by atoms with Crippen LogP contribution in [-0.4, -0.2) is 4.98 Å². The number of aryl methyl sites for hydroxylation is 1. The molecule has 0 saturated carbocycles. The summed E-state index contributed by atoms with van der Waals surface area (Å²) in [5.74, 6) is 0. The van der Waals surface area contributed by atoms with Crippen molar-refractivity contribution in [3.8, 4) is 0 Å². The van der Waals surface area contributed by atoms with E-state index in [-0.39, 0.29) is 0 Å². The molecule has 0 saturated heterocycles. The van der Waals surface area contributed by atoms with E-state index in [4.69, 9.17) is 0 Å². The van der Waals surface area contributed by atoms with Crippen LogP contribution in [0.3, 0.4) is 0 Å². The van der Waals surface area contributed by atoms with Crippen LogP contribution in [0.2, 0.25) is 0 Å². The summed E-state index contributed by atoms with van der Waals surface area (Å²) in [4.78, 5) is 4.01. The molecule has 1 nitrogen and oxygen atoms in total. The van der Waals surface area contributed by atoms with Crippen molar-refractivity contribution in [1.82, 2.24) is 4.98 Å². The maximum atomic E-state index is 4.01. The van der Waals surface area contributed by atoms with Crippen molar-refractivity contribution in [3.63, 3.8) is 0 Å². The number of pyridine rings is 1. The van der Waals surface area contributed by atoms with Gasteiger partial charge in [-0.3, -0.25) is 4.98 Å². The first-order valence-corrected chi connectivity index (χ1v) is 7.63. The van der Waals surface area contributed by atoms with Crippen molar-refractivity contribution >= 4 is 21.5 Å². The lowest BCUT2D eigenvalue weighted by molar-refractivity contribution is 1.15. The van der Waals surface area contributed by atoms with Gasteiger partial charge in [-0.15, -0.1) is 0 Å². The number of nitrogens with zero attached hydrogens (tertiary/aromatic N) is 1. The molecular weight excluding hydrogens is 266 g/mol. The Morgan fingerprint density at radius 3 is 2.00 bits per heavy atom. The van der Waals surface area contributed by atoms with Gasteiger partial charge in [-0.1, -0.05) is 73.7 Å². The molecule has 0 bridgehead atoms. The van der Waals surface area contributed by atoms with E-state index < -0.39 is 0 Å². The lowest BCUT2D eigenvalue weighted by Crippen LogP contribution is -1.79. The first kappa shape index (κ1) is 14.3. The summed E-state index contributed by atoms with van der Waals surface area (Å²) in [6.07, 6.45) is 4.79. The summed E-state index contributed by atoms with van der Waals surface area (Å²) in [7, 11) is 0. The summed E-state index contributed by atoms with van der Waals surface area (Å²) >= 11 is 0. The highest BCUT2D eigenvalue weighted by atomic mass is 14.6. The molecule has 0 aliphatic heterocycles. The van der Waals surface area contributed by atoms with Crippen LogP contribution in [0.15, 0.2) is 85.2 Å². The molecule has 0 unspecified atom stereocenters. The molecular formula is C21H19N. The quantitative estimate of drug-likeness (QED) is 0.441. The van der Waals surface area contributed by atoms with E-state index in [0.717, 1.165) is 6.42 Å². The Hall–Kier alpha value is -2.67. The Kier molecular flexibility index (Phi) is 4.45. The average molecular weight is 285 g/mol. The summed E-state index contributed by atoms with van der Waals surface area (Å²) in [5, 5.41) is 5.12. The Bertz CT molecular complexity index is 815. The van der Waals surface area contributed by atoms with Crippen LogP contribution in [0.1, 0.15) is 12.5 Å². The van der Waals surface area contributed by atoms with Gasteiger partial charge in [0.25, 0.3) is 0 Å². The van der Waals surface area contributed by atoms with Crippen molar-refractivity contribution in [2.75, 3.05) is 0 Å². The van der Waals surface area contributed by atoms with Gasteiger partial charge in [-0.25, -0.2) is 0 Å². The molecule has 3 aromatic carbocycles. The Morgan fingerprint density at radius 2 is 1.32 bits per heavy atom. The molecule has 4 rings (SSSR count). The fourth-order valence-corrected chi connectivity index (χ4v) is 2.49. The lowest BCUT2D eigenvalue weighted by atomic mass is 10.1. The fourth-order valence-electron chi connectivity index (χ4n) is 2.49. The van der Waals surface area contributed by atoms with E-state index in [1.807, 2.05) is 30.6 Å². The molecule has 0 aliphatic carbocycles. The molecule has 1 heteroatoms. The number of benzene rings is 3. The van der Waals surface area contributed by atoms with Crippen molar-refractivity contribution in [2.24, 2.45) is 0 Å². The van der Waals surface area contributed by atoms with Gasteiger partial charge in [0.05, 0.1) is 0 Å². The SMILES string of the molecule is CCc1ccc2ccccc2c1.c1ccc2cnccc2c1.